The van der Waals surface area contributed by atoms with Gasteiger partial charge in [-0.2, -0.15) is 0 Å². The highest BCUT2D eigenvalue weighted by Crippen LogP contribution is 2.33. The van der Waals surface area contributed by atoms with Gasteiger partial charge in [0.15, 0.2) is 0 Å². The zero-order chi connectivity index (χ0) is 40.0. The zero-order valence-electron chi connectivity index (χ0n) is 35.7. The van der Waals surface area contributed by atoms with Gasteiger partial charge in [0.1, 0.15) is 17.9 Å². The molecule has 2 aromatic rings. The molecule has 4 aliphatic rings. The summed E-state index contributed by atoms with van der Waals surface area (Å²) in [5, 5.41) is 3.46. The Balaban J connectivity index is 0.000000218. The van der Waals surface area contributed by atoms with E-state index >= 15 is 0 Å². The summed E-state index contributed by atoms with van der Waals surface area (Å²) in [6.07, 6.45) is 5.33. The molecule has 0 aliphatic carbocycles. The first-order valence-corrected chi connectivity index (χ1v) is 21.0. The lowest BCUT2D eigenvalue weighted by atomic mass is 9.87. The number of halogens is 2. The predicted octanol–water partition coefficient (Wildman–Crippen LogP) is 8.66. The molecule has 55 heavy (non-hydrogen) atoms. The van der Waals surface area contributed by atoms with Crippen LogP contribution in [0.3, 0.4) is 0 Å². The largest absolute Gasteiger partial charge is 0.444 e. The molecule has 1 N–H and O–H groups in total. The summed E-state index contributed by atoms with van der Waals surface area (Å²) in [6, 6.07) is 13.5. The van der Waals surface area contributed by atoms with E-state index in [0.29, 0.717) is 38.8 Å². The lowest BCUT2D eigenvalue weighted by Gasteiger charge is -2.45. The van der Waals surface area contributed by atoms with Gasteiger partial charge in [-0.05, 0) is 161 Å². The van der Waals surface area contributed by atoms with E-state index in [4.69, 9.17) is 4.74 Å². The van der Waals surface area contributed by atoms with Crippen molar-refractivity contribution in [2.45, 2.75) is 142 Å². The van der Waals surface area contributed by atoms with Gasteiger partial charge in [-0.3, -0.25) is 9.80 Å². The first-order chi connectivity index (χ1) is 25.9. The van der Waals surface area contributed by atoms with Crippen molar-refractivity contribution in [1.82, 2.24) is 20.0 Å². The number of amides is 1. The number of likely N-dealkylation sites (tertiary alicyclic amines) is 1. The van der Waals surface area contributed by atoms with Crippen LogP contribution >= 0.6 is 0 Å². The topological polar surface area (TPSA) is 54.5 Å². The molecule has 6 rings (SSSR count). The minimum atomic E-state index is -0.655. The van der Waals surface area contributed by atoms with Crippen molar-refractivity contribution in [2.24, 2.45) is 0 Å². The van der Waals surface area contributed by atoms with Crippen molar-refractivity contribution in [3.8, 4) is 0 Å². The van der Waals surface area contributed by atoms with E-state index < -0.39 is 17.9 Å². The zero-order valence-corrected chi connectivity index (χ0v) is 35.7. The van der Waals surface area contributed by atoms with Crippen molar-refractivity contribution in [1.29, 1.82) is 0 Å². The fraction of sp³-hybridized carbons (Fsp3) is 0.711. The van der Waals surface area contributed by atoms with Crippen molar-refractivity contribution in [3.05, 3.63) is 58.7 Å². The number of nitrogens with one attached hydrogen (secondary N) is 1. The normalized spacial score (nSPS) is 21.1. The number of hydrogen-bond acceptors (Lipinski definition) is 7. The first kappa shape index (κ1) is 43.2. The maximum Gasteiger partial charge on any atom is 0.410 e. The Morgan fingerprint density at radius 3 is 1.53 bits per heavy atom. The summed E-state index contributed by atoms with van der Waals surface area (Å²) >= 11 is 0. The third-order valence-corrected chi connectivity index (χ3v) is 12.9. The van der Waals surface area contributed by atoms with Gasteiger partial charge in [0.05, 0.1) is 0 Å². The van der Waals surface area contributed by atoms with Crippen LogP contribution < -0.4 is 15.1 Å². The summed E-state index contributed by atoms with van der Waals surface area (Å²) in [7, 11) is 4.43. The lowest BCUT2D eigenvalue weighted by molar-refractivity contribution is 0.00171. The molecule has 0 bridgehead atoms. The molecule has 4 aliphatic heterocycles. The number of rotatable bonds is 8. The highest BCUT2D eigenvalue weighted by atomic mass is 19.1. The Morgan fingerprint density at radius 2 is 1.13 bits per heavy atom. The van der Waals surface area contributed by atoms with Gasteiger partial charge < -0.3 is 24.8 Å². The molecule has 4 saturated heterocycles. The number of hydrogen-bond donors (Lipinski definition) is 1. The van der Waals surface area contributed by atoms with Gasteiger partial charge in [0.25, 0.3) is 0 Å². The molecule has 2 aromatic carbocycles. The van der Waals surface area contributed by atoms with Crippen molar-refractivity contribution < 1.29 is 18.3 Å². The second-order valence-electron chi connectivity index (χ2n) is 18.5. The van der Waals surface area contributed by atoms with Gasteiger partial charge in [0.2, 0.25) is 0 Å². The maximum atomic E-state index is 13.6. The summed E-state index contributed by atoms with van der Waals surface area (Å²) in [5.41, 5.74) is 7.58. The van der Waals surface area contributed by atoms with Gasteiger partial charge >= 0.3 is 6.09 Å². The Hall–Kier alpha value is -2.95. The fourth-order valence-electron chi connectivity index (χ4n) is 8.52. The number of ether oxygens (including phenoxy) is 1. The van der Waals surface area contributed by atoms with Gasteiger partial charge in [-0.15, -0.1) is 0 Å². The summed E-state index contributed by atoms with van der Waals surface area (Å²) < 4.78 is 32.5. The molecular formula is C45H72F2N6O2. The Bertz CT molecular complexity index is 1530. The van der Waals surface area contributed by atoms with Crippen LogP contribution in [0.5, 0.6) is 0 Å². The number of anilines is 2. The van der Waals surface area contributed by atoms with Crippen LogP contribution in [-0.2, 0) is 17.8 Å². The fourth-order valence-corrected chi connectivity index (χ4v) is 8.52. The minimum absolute atomic E-state index is 0.0378. The van der Waals surface area contributed by atoms with Gasteiger partial charge in [-0.1, -0.05) is 24.3 Å². The smallest absolute Gasteiger partial charge is 0.410 e. The summed E-state index contributed by atoms with van der Waals surface area (Å²) in [5.74, 6) is 0. The molecule has 8 nitrogen and oxygen atoms in total. The van der Waals surface area contributed by atoms with E-state index in [-0.39, 0.29) is 17.2 Å². The van der Waals surface area contributed by atoms with Crippen LogP contribution in [0, 0.1) is 13.8 Å². The molecule has 0 atom stereocenters. The highest BCUT2D eigenvalue weighted by molar-refractivity contribution is 5.68. The number of alkyl halides is 2. The van der Waals surface area contributed by atoms with Crippen LogP contribution in [0.4, 0.5) is 25.0 Å². The van der Waals surface area contributed by atoms with Crippen LogP contribution in [0.15, 0.2) is 36.4 Å². The molecule has 0 unspecified atom stereocenters. The summed E-state index contributed by atoms with van der Waals surface area (Å²) in [4.78, 5) is 23.8. The molecule has 0 spiro atoms. The monoisotopic (exact) mass is 767 g/mol. The van der Waals surface area contributed by atoms with E-state index in [9.17, 15) is 13.6 Å². The average Bonchev–Trinajstić information content (AvgIpc) is 3.14. The predicted molar refractivity (Wildman–Crippen MR) is 224 cm³/mol. The molecule has 0 aromatic heterocycles. The standard InChI is InChI=1S/C25H40FN3O2.C20H32FN3/c1-19-7-8-20(17-22(19)28-13-9-21(26)10-14-28)18-27(6)25(5)11-15-29(16-12-25)23(30)31-24(2,3)4;1-16-4-5-17(14-19(16)24-12-6-18(21)7-13-24)15-23(3)20(2)8-10-22-11-9-20/h7-8,17,21H,9-16,18H2,1-6H3;4-5,14,18,22H,6-13,15H2,1-3H3. The molecule has 10 heteroatoms. The highest BCUT2D eigenvalue weighted by Gasteiger charge is 2.37. The summed E-state index contributed by atoms with van der Waals surface area (Å²) in [6.45, 7) is 23.4. The molecule has 308 valence electrons. The molecule has 0 saturated carbocycles. The quantitative estimate of drug-likeness (QED) is 0.289. The Morgan fingerprint density at radius 1 is 0.727 bits per heavy atom. The van der Waals surface area contributed by atoms with E-state index in [2.05, 4.69) is 103 Å². The maximum absolute atomic E-state index is 13.6. The Kier molecular flexibility index (Phi) is 14.6. The SMILES string of the molecule is Cc1ccc(CN(C)C2(C)CCN(C(=O)OC(C)(C)C)CC2)cc1N1CCC(F)CC1.Cc1ccc(CN(C)C2(C)CCNCC2)cc1N1CCC(F)CC1. The van der Waals surface area contributed by atoms with E-state index in [1.165, 1.54) is 46.5 Å². The number of piperidine rings is 4. The van der Waals surface area contributed by atoms with Gasteiger partial charge in [-0.25, -0.2) is 13.6 Å². The van der Waals surface area contributed by atoms with Crippen LogP contribution in [-0.4, -0.2) is 116 Å². The molecular weight excluding hydrogens is 695 g/mol. The number of carbonyl (C=O) groups is 1. The van der Waals surface area contributed by atoms with Crippen LogP contribution in [0.1, 0.15) is 108 Å². The minimum Gasteiger partial charge on any atom is -0.444 e. The van der Waals surface area contributed by atoms with E-state index in [1.54, 1.807) is 0 Å². The Labute approximate surface area is 331 Å². The molecule has 0 radical (unpaired) electrons. The third-order valence-electron chi connectivity index (χ3n) is 12.9. The molecule has 1 amide bonds. The van der Waals surface area contributed by atoms with E-state index in [1.807, 2.05) is 25.7 Å². The number of aryl methyl sites for hydroxylation is 2. The lowest BCUT2D eigenvalue weighted by Crippen LogP contribution is -2.53. The second kappa shape index (κ2) is 18.5. The number of carbonyl (C=O) groups excluding carboxylic acids is 1. The average molecular weight is 767 g/mol. The molecule has 4 fully saturated rings. The van der Waals surface area contributed by atoms with Crippen molar-refractivity contribution in [2.75, 3.05) is 76.3 Å². The van der Waals surface area contributed by atoms with Crippen molar-refractivity contribution >= 4 is 17.5 Å². The number of benzene rings is 2. The second-order valence-corrected chi connectivity index (χ2v) is 18.5. The third kappa shape index (κ3) is 11.8. The van der Waals surface area contributed by atoms with Gasteiger partial charge in [0, 0.05) is 74.8 Å². The molecule has 4 heterocycles. The van der Waals surface area contributed by atoms with Crippen molar-refractivity contribution in [3.63, 3.8) is 0 Å². The van der Waals surface area contributed by atoms with Crippen LogP contribution in [0.2, 0.25) is 0 Å². The first-order valence-electron chi connectivity index (χ1n) is 21.0. The van der Waals surface area contributed by atoms with E-state index in [0.717, 1.165) is 65.2 Å². The number of nitrogens with zero attached hydrogens (tertiary/aromatic N) is 5. The van der Waals surface area contributed by atoms with Crippen LogP contribution in [0.25, 0.3) is 0 Å².